The summed E-state index contributed by atoms with van der Waals surface area (Å²) in [5.74, 6) is -0.0141. The zero-order chi connectivity index (χ0) is 15.4. The second-order valence-electron chi connectivity index (χ2n) is 5.26. The highest BCUT2D eigenvalue weighted by Crippen LogP contribution is 2.11. The third-order valence-electron chi connectivity index (χ3n) is 3.83. The Morgan fingerprint density at radius 1 is 0.955 bits per heavy atom. The summed E-state index contributed by atoms with van der Waals surface area (Å²) >= 11 is 0. The van der Waals surface area contributed by atoms with Crippen LogP contribution in [0.15, 0.2) is 42.9 Å². The number of nitrogens with zero attached hydrogens (tertiary/aromatic N) is 3. The summed E-state index contributed by atoms with van der Waals surface area (Å²) in [4.78, 5) is 35.3. The lowest BCUT2D eigenvalue weighted by atomic mass is 10.2. The van der Waals surface area contributed by atoms with Crippen LogP contribution in [0.4, 0.5) is 0 Å². The van der Waals surface area contributed by atoms with Crippen molar-refractivity contribution in [3.63, 3.8) is 0 Å². The molecule has 3 rings (SSSR count). The fourth-order valence-electron chi connectivity index (χ4n) is 2.63. The normalized spacial score (nSPS) is 15.5. The van der Waals surface area contributed by atoms with E-state index in [4.69, 9.17) is 0 Å². The number of hydrogen-bond acceptors (Lipinski definition) is 3. The summed E-state index contributed by atoms with van der Waals surface area (Å²) < 4.78 is 0. The minimum absolute atomic E-state index is 0.00317. The van der Waals surface area contributed by atoms with Gasteiger partial charge in [0.15, 0.2) is 0 Å². The number of hydrogen-bond donors (Lipinski definition) is 1. The topological polar surface area (TPSA) is 69.3 Å². The number of aromatic nitrogens is 2. The fraction of sp³-hybridized carbons (Fsp3) is 0.312. The maximum atomic E-state index is 12.4. The Balaban J connectivity index is 1.65. The van der Waals surface area contributed by atoms with Gasteiger partial charge in [0.2, 0.25) is 0 Å². The standard InChI is InChI=1S/C16H18N4O2/c21-15(13-4-7-17-8-5-13)19-9-2-10-20(12-11-19)16(22)14-3-1-6-18-14/h1,3-8,18H,2,9-12H2. The van der Waals surface area contributed by atoms with Gasteiger partial charge in [-0.15, -0.1) is 0 Å². The second-order valence-corrected chi connectivity index (χ2v) is 5.26. The van der Waals surface area contributed by atoms with E-state index < -0.39 is 0 Å². The Morgan fingerprint density at radius 2 is 1.64 bits per heavy atom. The molecule has 0 aromatic carbocycles. The van der Waals surface area contributed by atoms with Crippen LogP contribution in [-0.2, 0) is 0 Å². The van der Waals surface area contributed by atoms with Gasteiger partial charge in [0.05, 0.1) is 0 Å². The largest absolute Gasteiger partial charge is 0.357 e. The molecule has 0 unspecified atom stereocenters. The maximum absolute atomic E-state index is 12.4. The molecule has 2 aromatic heterocycles. The van der Waals surface area contributed by atoms with Crippen LogP contribution in [-0.4, -0.2) is 57.8 Å². The predicted octanol–water partition coefficient (Wildman–Crippen LogP) is 1.40. The Bertz CT molecular complexity index is 639. The van der Waals surface area contributed by atoms with E-state index >= 15 is 0 Å². The first kappa shape index (κ1) is 14.3. The zero-order valence-electron chi connectivity index (χ0n) is 12.2. The van der Waals surface area contributed by atoms with E-state index in [1.807, 2.05) is 6.07 Å². The fourth-order valence-corrected chi connectivity index (χ4v) is 2.63. The van der Waals surface area contributed by atoms with Crippen LogP contribution < -0.4 is 0 Å². The van der Waals surface area contributed by atoms with Crippen molar-refractivity contribution in [2.45, 2.75) is 6.42 Å². The van der Waals surface area contributed by atoms with Crippen LogP contribution >= 0.6 is 0 Å². The van der Waals surface area contributed by atoms with Crippen LogP contribution in [0.1, 0.15) is 27.3 Å². The van der Waals surface area contributed by atoms with Crippen molar-refractivity contribution in [3.8, 4) is 0 Å². The van der Waals surface area contributed by atoms with E-state index in [9.17, 15) is 9.59 Å². The molecular weight excluding hydrogens is 280 g/mol. The van der Waals surface area contributed by atoms with Crippen molar-refractivity contribution in [3.05, 3.63) is 54.1 Å². The molecule has 1 N–H and O–H groups in total. The third kappa shape index (κ3) is 3.00. The van der Waals surface area contributed by atoms with E-state index in [1.54, 1.807) is 46.6 Å². The Hall–Kier alpha value is -2.63. The van der Waals surface area contributed by atoms with Crippen LogP contribution in [0.5, 0.6) is 0 Å². The van der Waals surface area contributed by atoms with Gasteiger partial charge in [-0.05, 0) is 30.7 Å². The Morgan fingerprint density at radius 3 is 2.27 bits per heavy atom. The smallest absolute Gasteiger partial charge is 0.270 e. The van der Waals surface area contributed by atoms with E-state index in [0.29, 0.717) is 37.4 Å². The summed E-state index contributed by atoms with van der Waals surface area (Å²) in [6, 6.07) is 7.02. The first-order valence-corrected chi connectivity index (χ1v) is 7.37. The van der Waals surface area contributed by atoms with Crippen molar-refractivity contribution < 1.29 is 9.59 Å². The van der Waals surface area contributed by atoms with Gasteiger partial charge in [0.25, 0.3) is 11.8 Å². The zero-order valence-corrected chi connectivity index (χ0v) is 12.2. The van der Waals surface area contributed by atoms with Crippen LogP contribution in [0.25, 0.3) is 0 Å². The Kier molecular flexibility index (Phi) is 4.18. The number of carbonyl (C=O) groups excluding carboxylic acids is 2. The first-order chi connectivity index (χ1) is 10.8. The molecule has 2 aromatic rings. The summed E-state index contributed by atoms with van der Waals surface area (Å²) in [6.45, 7) is 2.43. The number of amides is 2. The van der Waals surface area contributed by atoms with Crippen molar-refractivity contribution in [2.24, 2.45) is 0 Å². The summed E-state index contributed by atoms with van der Waals surface area (Å²) in [5, 5.41) is 0. The monoisotopic (exact) mass is 298 g/mol. The molecule has 114 valence electrons. The molecule has 0 atom stereocenters. The summed E-state index contributed by atoms with van der Waals surface area (Å²) in [7, 11) is 0. The van der Waals surface area contributed by atoms with E-state index in [0.717, 1.165) is 6.42 Å². The lowest BCUT2D eigenvalue weighted by Gasteiger charge is -2.22. The van der Waals surface area contributed by atoms with Gasteiger partial charge in [-0.25, -0.2) is 0 Å². The van der Waals surface area contributed by atoms with Crippen molar-refractivity contribution in [2.75, 3.05) is 26.2 Å². The number of nitrogens with one attached hydrogen (secondary N) is 1. The summed E-state index contributed by atoms with van der Waals surface area (Å²) in [5.41, 5.74) is 1.23. The predicted molar refractivity (Wildman–Crippen MR) is 81.5 cm³/mol. The average Bonchev–Trinajstić information content (AvgIpc) is 2.99. The molecule has 1 fully saturated rings. The number of H-pyrrole nitrogens is 1. The van der Waals surface area contributed by atoms with Gasteiger partial charge >= 0.3 is 0 Å². The molecule has 0 spiro atoms. The van der Waals surface area contributed by atoms with E-state index in [1.165, 1.54) is 0 Å². The molecule has 1 saturated heterocycles. The van der Waals surface area contributed by atoms with Gasteiger partial charge in [0.1, 0.15) is 5.69 Å². The van der Waals surface area contributed by atoms with Gasteiger partial charge < -0.3 is 14.8 Å². The van der Waals surface area contributed by atoms with Crippen molar-refractivity contribution in [1.82, 2.24) is 19.8 Å². The number of pyridine rings is 1. The minimum atomic E-state index is -0.0109. The minimum Gasteiger partial charge on any atom is -0.357 e. The first-order valence-electron chi connectivity index (χ1n) is 7.37. The van der Waals surface area contributed by atoms with Crippen molar-refractivity contribution in [1.29, 1.82) is 0 Å². The molecule has 0 bridgehead atoms. The molecule has 6 nitrogen and oxygen atoms in total. The molecule has 0 aliphatic carbocycles. The molecule has 22 heavy (non-hydrogen) atoms. The molecule has 0 saturated carbocycles. The van der Waals surface area contributed by atoms with E-state index in [2.05, 4.69) is 9.97 Å². The summed E-state index contributed by atoms with van der Waals surface area (Å²) in [6.07, 6.45) is 5.76. The molecule has 1 aliphatic heterocycles. The third-order valence-corrected chi connectivity index (χ3v) is 3.83. The highest BCUT2D eigenvalue weighted by atomic mass is 16.2. The molecule has 0 radical (unpaired) electrons. The highest BCUT2D eigenvalue weighted by molar-refractivity contribution is 5.94. The second kappa shape index (κ2) is 6.43. The van der Waals surface area contributed by atoms with Gasteiger partial charge in [-0.3, -0.25) is 14.6 Å². The molecule has 2 amide bonds. The van der Waals surface area contributed by atoms with Gasteiger partial charge in [-0.2, -0.15) is 0 Å². The SMILES string of the molecule is O=C(c1ccncc1)N1CCCN(C(=O)c2ccc[nH]2)CC1. The molecule has 3 heterocycles. The highest BCUT2D eigenvalue weighted by Gasteiger charge is 2.23. The molecule has 6 heteroatoms. The number of aromatic amines is 1. The number of carbonyl (C=O) groups is 2. The lowest BCUT2D eigenvalue weighted by molar-refractivity contribution is 0.0716. The van der Waals surface area contributed by atoms with Gasteiger partial charge in [-0.1, -0.05) is 0 Å². The quantitative estimate of drug-likeness (QED) is 0.911. The Labute approximate surface area is 128 Å². The van der Waals surface area contributed by atoms with Crippen LogP contribution in [0.2, 0.25) is 0 Å². The van der Waals surface area contributed by atoms with Crippen LogP contribution in [0.3, 0.4) is 0 Å². The average molecular weight is 298 g/mol. The molecule has 1 aliphatic rings. The number of rotatable bonds is 2. The maximum Gasteiger partial charge on any atom is 0.270 e. The lowest BCUT2D eigenvalue weighted by Crippen LogP contribution is -2.37. The molecular formula is C16H18N4O2. The van der Waals surface area contributed by atoms with Crippen molar-refractivity contribution >= 4 is 11.8 Å². The van der Waals surface area contributed by atoms with Crippen LogP contribution in [0, 0.1) is 0 Å². The van der Waals surface area contributed by atoms with E-state index in [-0.39, 0.29) is 11.8 Å². The van der Waals surface area contributed by atoms with Gasteiger partial charge in [0, 0.05) is 50.3 Å².